The Balaban J connectivity index is 2.72. The Morgan fingerprint density at radius 1 is 1.69 bits per heavy atom. The molecule has 0 saturated carbocycles. The third kappa shape index (κ3) is 2.20. The largest absolute Gasteiger partial charge is 0.330 e. The van der Waals surface area contributed by atoms with Crippen molar-refractivity contribution >= 4 is 15.9 Å². The van der Waals surface area contributed by atoms with E-state index in [1.165, 1.54) is 4.90 Å². The van der Waals surface area contributed by atoms with Crippen molar-refractivity contribution in [3.8, 4) is 12.3 Å². The second kappa shape index (κ2) is 3.36. The topological polar surface area (TPSA) is 80.5 Å². The number of nitrogens with zero attached hydrogens (tertiary/aromatic N) is 1. The highest BCUT2D eigenvalue weighted by atomic mass is 32.2. The normalized spacial score (nSPS) is 23.2. The molecule has 2 N–H and O–H groups in total. The number of carbonyl (C=O) groups is 1. The van der Waals surface area contributed by atoms with Crippen molar-refractivity contribution in [2.45, 2.75) is 11.7 Å². The molecule has 1 saturated heterocycles. The van der Waals surface area contributed by atoms with Crippen LogP contribution in [-0.2, 0) is 14.8 Å². The first-order valence-electron chi connectivity index (χ1n) is 3.68. The van der Waals surface area contributed by atoms with Crippen molar-refractivity contribution < 1.29 is 13.2 Å². The van der Waals surface area contributed by atoms with Gasteiger partial charge in [0.25, 0.3) is 0 Å². The zero-order valence-electron chi connectivity index (χ0n) is 6.93. The molecule has 5 nitrogen and oxygen atoms in total. The molecule has 1 amide bonds. The molecular weight excluding hydrogens is 192 g/mol. The zero-order valence-corrected chi connectivity index (χ0v) is 7.75. The molecule has 0 aromatic rings. The molecule has 0 radical (unpaired) electrons. The predicted molar refractivity (Wildman–Crippen MR) is 46.9 cm³/mol. The number of terminal acetylenes is 1. The molecule has 1 unspecified atom stereocenters. The van der Waals surface area contributed by atoms with Crippen molar-refractivity contribution in [1.82, 2.24) is 4.90 Å². The van der Waals surface area contributed by atoms with E-state index in [1.807, 2.05) is 0 Å². The third-order valence-electron chi connectivity index (χ3n) is 1.93. The van der Waals surface area contributed by atoms with Crippen LogP contribution in [0.15, 0.2) is 0 Å². The van der Waals surface area contributed by atoms with Crippen molar-refractivity contribution in [2.24, 2.45) is 5.14 Å². The number of carbonyl (C=O) groups excluding carboxylic acids is 1. The molecule has 6 heteroatoms. The number of likely N-dealkylation sites (tertiary alicyclic amines) is 1. The highest BCUT2D eigenvalue weighted by Crippen LogP contribution is 2.15. The van der Waals surface area contributed by atoms with E-state index in [4.69, 9.17) is 11.6 Å². The summed E-state index contributed by atoms with van der Waals surface area (Å²) in [4.78, 5) is 12.4. The highest BCUT2D eigenvalue weighted by Gasteiger charge is 2.35. The first-order chi connectivity index (χ1) is 5.95. The first-order valence-corrected chi connectivity index (χ1v) is 5.29. The molecular formula is C7H10N2O3S. The smallest absolute Gasteiger partial charge is 0.224 e. The van der Waals surface area contributed by atoms with Gasteiger partial charge in [0.1, 0.15) is 5.25 Å². The number of sulfonamides is 1. The molecule has 0 aliphatic carbocycles. The van der Waals surface area contributed by atoms with Crippen LogP contribution >= 0.6 is 0 Å². The van der Waals surface area contributed by atoms with Gasteiger partial charge in [-0.05, 0) is 0 Å². The van der Waals surface area contributed by atoms with Gasteiger partial charge < -0.3 is 4.90 Å². The Kier molecular flexibility index (Phi) is 2.59. The quantitative estimate of drug-likeness (QED) is 0.554. The molecule has 1 aliphatic rings. The first kappa shape index (κ1) is 10.0. The lowest BCUT2D eigenvalue weighted by atomic mass is 10.4. The molecule has 1 rings (SSSR count). The summed E-state index contributed by atoms with van der Waals surface area (Å²) in [5, 5.41) is 4.11. The Hall–Kier alpha value is -1.06. The number of primary sulfonamides is 1. The molecule has 0 aromatic carbocycles. The predicted octanol–water partition coefficient (Wildman–Crippen LogP) is -1.49. The van der Waals surface area contributed by atoms with Crippen LogP contribution in [0.25, 0.3) is 0 Å². The van der Waals surface area contributed by atoms with Gasteiger partial charge in [0.05, 0.1) is 6.54 Å². The molecule has 1 atom stereocenters. The molecule has 0 bridgehead atoms. The number of rotatable bonds is 2. The van der Waals surface area contributed by atoms with E-state index in [0.717, 1.165) is 0 Å². The fourth-order valence-electron chi connectivity index (χ4n) is 1.22. The van der Waals surface area contributed by atoms with Crippen molar-refractivity contribution in [3.05, 3.63) is 0 Å². The minimum atomic E-state index is -3.62. The maximum Gasteiger partial charge on any atom is 0.224 e. The average molecular weight is 202 g/mol. The van der Waals surface area contributed by atoms with Gasteiger partial charge in [0.2, 0.25) is 15.9 Å². The Morgan fingerprint density at radius 3 is 2.69 bits per heavy atom. The fraction of sp³-hybridized carbons (Fsp3) is 0.571. The SMILES string of the molecule is C#CCN1CC(S(N)(=O)=O)CC1=O. The van der Waals surface area contributed by atoms with E-state index in [1.54, 1.807) is 0 Å². The van der Waals surface area contributed by atoms with Crippen LogP contribution in [0.1, 0.15) is 6.42 Å². The van der Waals surface area contributed by atoms with Crippen LogP contribution in [0.4, 0.5) is 0 Å². The van der Waals surface area contributed by atoms with Gasteiger partial charge in [-0.1, -0.05) is 5.92 Å². The number of nitrogens with two attached hydrogens (primary N) is 1. The van der Waals surface area contributed by atoms with Crippen molar-refractivity contribution in [1.29, 1.82) is 0 Å². The summed E-state index contributed by atoms with van der Waals surface area (Å²) in [5.41, 5.74) is 0. The monoisotopic (exact) mass is 202 g/mol. The van der Waals surface area contributed by atoms with E-state index in [2.05, 4.69) is 5.92 Å². The molecule has 0 aromatic heterocycles. The molecule has 13 heavy (non-hydrogen) atoms. The van der Waals surface area contributed by atoms with E-state index in [9.17, 15) is 13.2 Å². The maximum atomic E-state index is 11.1. The summed E-state index contributed by atoms with van der Waals surface area (Å²) < 4.78 is 21.8. The summed E-state index contributed by atoms with van der Waals surface area (Å²) in [7, 11) is -3.62. The van der Waals surface area contributed by atoms with Crippen molar-refractivity contribution in [3.63, 3.8) is 0 Å². The van der Waals surface area contributed by atoms with E-state index < -0.39 is 15.3 Å². The lowest BCUT2D eigenvalue weighted by molar-refractivity contribution is -0.127. The molecule has 1 fully saturated rings. The minimum Gasteiger partial charge on any atom is -0.330 e. The van der Waals surface area contributed by atoms with Crippen LogP contribution in [0.2, 0.25) is 0 Å². The summed E-state index contributed by atoms with van der Waals surface area (Å²) >= 11 is 0. The number of amides is 1. The van der Waals surface area contributed by atoms with Gasteiger partial charge in [-0.25, -0.2) is 13.6 Å². The van der Waals surface area contributed by atoms with Gasteiger partial charge in [-0.3, -0.25) is 4.79 Å². The fourth-order valence-corrected chi connectivity index (χ4v) is 1.98. The van der Waals surface area contributed by atoms with Crippen LogP contribution in [-0.4, -0.2) is 37.6 Å². The van der Waals surface area contributed by atoms with Gasteiger partial charge in [0, 0.05) is 13.0 Å². The summed E-state index contributed by atoms with van der Waals surface area (Å²) in [6, 6.07) is 0. The van der Waals surface area contributed by atoms with Gasteiger partial charge >= 0.3 is 0 Å². The molecule has 1 heterocycles. The standard InChI is InChI=1S/C7H10N2O3S/c1-2-3-9-5-6(4-7(9)10)13(8,11)12/h1,6H,3-5H2,(H2,8,11,12). The third-order valence-corrected chi connectivity index (χ3v) is 3.17. The highest BCUT2D eigenvalue weighted by molar-refractivity contribution is 7.89. The van der Waals surface area contributed by atoms with Gasteiger partial charge in [-0.15, -0.1) is 6.42 Å². The summed E-state index contributed by atoms with van der Waals surface area (Å²) in [6.07, 6.45) is 4.95. The minimum absolute atomic E-state index is 0.0550. The van der Waals surface area contributed by atoms with Crippen LogP contribution in [0, 0.1) is 12.3 Å². The van der Waals surface area contributed by atoms with Gasteiger partial charge in [-0.2, -0.15) is 0 Å². The van der Waals surface area contributed by atoms with Crippen molar-refractivity contribution in [2.75, 3.05) is 13.1 Å². The molecule has 72 valence electrons. The Labute approximate surface area is 76.9 Å². The average Bonchev–Trinajstić information content (AvgIpc) is 2.32. The summed E-state index contributed by atoms with van der Waals surface area (Å²) in [6.45, 7) is 0.257. The van der Waals surface area contributed by atoms with E-state index in [0.29, 0.717) is 0 Å². The Morgan fingerprint density at radius 2 is 2.31 bits per heavy atom. The maximum absolute atomic E-state index is 11.1. The Bertz CT molecular complexity index is 354. The summed E-state index contributed by atoms with van der Waals surface area (Å²) in [5.74, 6) is 2.03. The van der Waals surface area contributed by atoms with Gasteiger partial charge in [0.15, 0.2) is 0 Å². The lowest BCUT2D eigenvalue weighted by Gasteiger charge is -2.11. The second-order valence-electron chi connectivity index (χ2n) is 2.89. The second-order valence-corrected chi connectivity index (χ2v) is 4.74. The van der Waals surface area contributed by atoms with Crippen LogP contribution < -0.4 is 5.14 Å². The van der Waals surface area contributed by atoms with Crippen LogP contribution in [0.5, 0.6) is 0 Å². The molecule has 0 spiro atoms. The van der Waals surface area contributed by atoms with E-state index >= 15 is 0 Å². The molecule has 1 aliphatic heterocycles. The van der Waals surface area contributed by atoms with E-state index in [-0.39, 0.29) is 25.4 Å². The van der Waals surface area contributed by atoms with Crippen LogP contribution in [0.3, 0.4) is 0 Å². The number of hydrogen-bond donors (Lipinski definition) is 1. The number of hydrogen-bond acceptors (Lipinski definition) is 3. The lowest BCUT2D eigenvalue weighted by Crippen LogP contribution is -2.32. The zero-order chi connectivity index (χ0) is 10.1.